The number of fused-ring (bicyclic) bond motifs is 3. The molecule has 2 aromatic carbocycles. The predicted octanol–water partition coefficient (Wildman–Crippen LogP) is 3.61. The first kappa shape index (κ1) is 15.0. The van der Waals surface area contributed by atoms with Crippen LogP contribution in [0.1, 0.15) is 12.0 Å². The number of para-hydroxylation sites is 1. The topological polar surface area (TPSA) is 85.7 Å². The molecule has 0 saturated carbocycles. The van der Waals surface area contributed by atoms with Crippen LogP contribution in [0.3, 0.4) is 0 Å². The molecular formula is C16H12F2N2O3. The molecule has 0 bridgehead atoms. The lowest BCUT2D eigenvalue weighted by Gasteiger charge is -2.12. The van der Waals surface area contributed by atoms with Gasteiger partial charge in [-0.15, -0.1) is 0 Å². The quantitative estimate of drug-likeness (QED) is 0.390. The Bertz CT molecular complexity index is 931. The Morgan fingerprint density at radius 2 is 1.83 bits per heavy atom. The smallest absolute Gasteiger partial charge is 0.374 e. The van der Waals surface area contributed by atoms with Gasteiger partial charge in [-0.05, 0) is 12.1 Å². The maximum atomic E-state index is 13.4. The number of oxime groups is 1. The number of carboxylic acids is 1. The van der Waals surface area contributed by atoms with Gasteiger partial charge in [0.05, 0.1) is 12.1 Å². The second kappa shape index (κ2) is 5.35. The van der Waals surface area contributed by atoms with E-state index >= 15 is 0 Å². The number of alkyl halides is 2. The molecule has 0 saturated heterocycles. The monoisotopic (exact) mass is 318 g/mol. The average molecular weight is 318 g/mol. The van der Waals surface area contributed by atoms with Crippen molar-refractivity contribution in [2.75, 3.05) is 0 Å². The Balaban J connectivity index is 2.05. The van der Waals surface area contributed by atoms with Gasteiger partial charge >= 0.3 is 11.9 Å². The van der Waals surface area contributed by atoms with Crippen LogP contribution < -0.4 is 0 Å². The molecule has 0 fully saturated rings. The predicted molar refractivity (Wildman–Crippen MR) is 81.3 cm³/mol. The minimum Gasteiger partial charge on any atom is -0.477 e. The number of H-pyrrole nitrogens is 1. The van der Waals surface area contributed by atoms with Crippen molar-refractivity contribution in [3.63, 3.8) is 0 Å². The van der Waals surface area contributed by atoms with Crippen molar-refractivity contribution in [3.05, 3.63) is 48.0 Å². The van der Waals surface area contributed by atoms with Gasteiger partial charge in [0, 0.05) is 27.4 Å². The number of aromatic nitrogens is 1. The van der Waals surface area contributed by atoms with Gasteiger partial charge in [-0.1, -0.05) is 35.5 Å². The van der Waals surface area contributed by atoms with Gasteiger partial charge in [0.25, 0.3) is 0 Å². The summed E-state index contributed by atoms with van der Waals surface area (Å²) in [5.74, 6) is -6.26. The lowest BCUT2D eigenvalue weighted by atomic mass is 10.0. The average Bonchev–Trinajstić information content (AvgIpc) is 2.90. The standard InChI is InChI=1S/C16H12F2N2O3/c17-16(18,15(21)22)8-14(20-23)9-5-6-11-10-3-1-2-4-12(10)19-13(11)7-9/h1-7,19,23H,8H2,(H,21,22). The zero-order valence-electron chi connectivity index (χ0n) is 11.8. The van der Waals surface area contributed by atoms with Crippen LogP contribution in [0.5, 0.6) is 0 Å². The Hall–Kier alpha value is -2.96. The van der Waals surface area contributed by atoms with E-state index in [1.54, 1.807) is 12.1 Å². The molecule has 0 aliphatic heterocycles. The summed E-state index contributed by atoms with van der Waals surface area (Å²) in [6, 6.07) is 12.4. The molecule has 1 heterocycles. The second-order valence-corrected chi connectivity index (χ2v) is 5.16. The van der Waals surface area contributed by atoms with Crippen LogP contribution in [-0.2, 0) is 4.79 Å². The summed E-state index contributed by atoms with van der Waals surface area (Å²) in [5, 5.41) is 22.2. The molecule has 118 valence electrons. The molecule has 0 radical (unpaired) electrons. The molecule has 7 heteroatoms. The number of carbonyl (C=O) groups is 1. The fourth-order valence-corrected chi connectivity index (χ4v) is 2.52. The number of halogens is 2. The van der Waals surface area contributed by atoms with Crippen LogP contribution >= 0.6 is 0 Å². The molecule has 1 aromatic heterocycles. The van der Waals surface area contributed by atoms with E-state index in [0.717, 1.165) is 16.3 Å². The Morgan fingerprint density at radius 3 is 2.52 bits per heavy atom. The van der Waals surface area contributed by atoms with Gasteiger partial charge in [-0.2, -0.15) is 8.78 Å². The number of hydrogen-bond donors (Lipinski definition) is 3. The fraction of sp³-hybridized carbons (Fsp3) is 0.125. The van der Waals surface area contributed by atoms with Crippen molar-refractivity contribution in [3.8, 4) is 0 Å². The third-order valence-electron chi connectivity index (χ3n) is 3.66. The van der Waals surface area contributed by atoms with Gasteiger partial charge < -0.3 is 15.3 Å². The van der Waals surface area contributed by atoms with Crippen molar-refractivity contribution >= 4 is 33.5 Å². The van der Waals surface area contributed by atoms with Crippen molar-refractivity contribution in [2.24, 2.45) is 5.16 Å². The summed E-state index contributed by atoms with van der Waals surface area (Å²) < 4.78 is 26.7. The van der Waals surface area contributed by atoms with E-state index in [4.69, 9.17) is 10.3 Å². The maximum absolute atomic E-state index is 13.4. The van der Waals surface area contributed by atoms with Crippen LogP contribution in [-0.4, -0.2) is 32.9 Å². The van der Waals surface area contributed by atoms with Gasteiger partial charge in [0.15, 0.2) is 0 Å². The van der Waals surface area contributed by atoms with E-state index in [9.17, 15) is 13.6 Å². The number of nitrogens with zero attached hydrogens (tertiary/aromatic N) is 1. The Labute approximate surface area is 128 Å². The third kappa shape index (κ3) is 2.61. The lowest BCUT2D eigenvalue weighted by Crippen LogP contribution is -2.31. The summed E-state index contributed by atoms with van der Waals surface area (Å²) in [5.41, 5.74) is 1.41. The van der Waals surface area contributed by atoms with E-state index in [2.05, 4.69) is 10.1 Å². The van der Waals surface area contributed by atoms with Crippen molar-refractivity contribution in [2.45, 2.75) is 12.3 Å². The van der Waals surface area contributed by atoms with Crippen LogP contribution in [0.2, 0.25) is 0 Å². The van der Waals surface area contributed by atoms with Crippen LogP contribution in [0.25, 0.3) is 21.8 Å². The molecule has 3 N–H and O–H groups in total. The highest BCUT2D eigenvalue weighted by molar-refractivity contribution is 6.11. The largest absolute Gasteiger partial charge is 0.477 e. The third-order valence-corrected chi connectivity index (χ3v) is 3.66. The molecule has 0 spiro atoms. The highest BCUT2D eigenvalue weighted by atomic mass is 19.3. The first-order valence-corrected chi connectivity index (χ1v) is 6.75. The van der Waals surface area contributed by atoms with Crippen LogP contribution in [0.4, 0.5) is 8.78 Å². The fourth-order valence-electron chi connectivity index (χ4n) is 2.52. The second-order valence-electron chi connectivity index (χ2n) is 5.16. The van der Waals surface area contributed by atoms with Gasteiger partial charge in [0.1, 0.15) is 0 Å². The van der Waals surface area contributed by atoms with Crippen LogP contribution in [0, 0.1) is 0 Å². The summed E-state index contributed by atoms with van der Waals surface area (Å²) in [7, 11) is 0. The first-order chi connectivity index (χ1) is 10.9. The maximum Gasteiger partial charge on any atom is 0.374 e. The number of carboxylic acid groups (broad SMARTS) is 1. The zero-order chi connectivity index (χ0) is 16.6. The van der Waals surface area contributed by atoms with Crippen molar-refractivity contribution in [1.29, 1.82) is 0 Å². The minimum atomic E-state index is -4.00. The van der Waals surface area contributed by atoms with Gasteiger partial charge in [-0.3, -0.25) is 0 Å². The minimum absolute atomic E-state index is 0.229. The van der Waals surface area contributed by atoms with Crippen molar-refractivity contribution in [1.82, 2.24) is 4.98 Å². The summed E-state index contributed by atoms with van der Waals surface area (Å²) >= 11 is 0. The van der Waals surface area contributed by atoms with E-state index in [0.29, 0.717) is 5.52 Å². The van der Waals surface area contributed by atoms with E-state index < -0.39 is 24.0 Å². The number of benzene rings is 2. The number of aliphatic carboxylic acids is 1. The Morgan fingerprint density at radius 1 is 1.13 bits per heavy atom. The molecule has 23 heavy (non-hydrogen) atoms. The normalized spacial score (nSPS) is 12.9. The Kier molecular flexibility index (Phi) is 3.48. The highest BCUT2D eigenvalue weighted by Gasteiger charge is 2.40. The molecule has 0 aliphatic carbocycles. The molecule has 0 atom stereocenters. The molecule has 0 unspecified atom stereocenters. The lowest BCUT2D eigenvalue weighted by molar-refractivity contribution is -0.163. The molecule has 5 nitrogen and oxygen atoms in total. The van der Waals surface area contributed by atoms with E-state index in [-0.39, 0.29) is 5.56 Å². The van der Waals surface area contributed by atoms with E-state index in [1.165, 1.54) is 6.07 Å². The highest BCUT2D eigenvalue weighted by Crippen LogP contribution is 2.28. The SMILES string of the molecule is O=C(O)C(F)(F)CC(=NO)c1ccc2c(c1)[nH]c1ccccc12. The van der Waals surface area contributed by atoms with Crippen LogP contribution in [0.15, 0.2) is 47.6 Å². The number of hydrogen-bond acceptors (Lipinski definition) is 3. The zero-order valence-corrected chi connectivity index (χ0v) is 11.8. The van der Waals surface area contributed by atoms with Gasteiger partial charge in [0.2, 0.25) is 0 Å². The number of rotatable bonds is 4. The van der Waals surface area contributed by atoms with E-state index in [1.807, 2.05) is 24.3 Å². The van der Waals surface area contributed by atoms with Crippen molar-refractivity contribution < 1.29 is 23.9 Å². The molecule has 3 rings (SSSR count). The summed E-state index contributed by atoms with van der Waals surface area (Å²) in [6.07, 6.45) is -1.19. The summed E-state index contributed by atoms with van der Waals surface area (Å²) in [4.78, 5) is 13.7. The molecule has 3 aromatic rings. The first-order valence-electron chi connectivity index (χ1n) is 6.75. The number of nitrogens with one attached hydrogen (secondary N) is 1. The van der Waals surface area contributed by atoms with Gasteiger partial charge in [-0.25, -0.2) is 4.79 Å². The molecule has 0 aliphatic rings. The summed E-state index contributed by atoms with van der Waals surface area (Å²) in [6.45, 7) is 0. The molecule has 0 amide bonds. The molecular weight excluding hydrogens is 306 g/mol. The number of aromatic amines is 1.